The van der Waals surface area contributed by atoms with Crippen molar-refractivity contribution >= 4 is 5.78 Å². The van der Waals surface area contributed by atoms with Crippen LogP contribution in [-0.4, -0.2) is 5.78 Å². The van der Waals surface area contributed by atoms with Gasteiger partial charge in [-0.05, 0) is 36.5 Å². The third-order valence-corrected chi connectivity index (χ3v) is 4.04. The highest BCUT2D eigenvalue weighted by molar-refractivity contribution is 5.83. The van der Waals surface area contributed by atoms with E-state index in [2.05, 4.69) is 20.8 Å². The predicted octanol–water partition coefficient (Wildman–Crippen LogP) is 3.04. The first-order valence-electron chi connectivity index (χ1n) is 5.52. The number of Topliss-reactive ketones (excluding diaryl/α,β-unsaturated/α-hetero) is 1. The van der Waals surface area contributed by atoms with Crippen LogP contribution >= 0.6 is 0 Å². The number of rotatable bonds is 0. The Morgan fingerprint density at radius 1 is 1.31 bits per heavy atom. The van der Waals surface area contributed by atoms with Crippen molar-refractivity contribution in [2.24, 2.45) is 23.2 Å². The quantitative estimate of drug-likeness (QED) is 0.560. The lowest BCUT2D eigenvalue weighted by Gasteiger charge is -2.38. The molecule has 0 heterocycles. The summed E-state index contributed by atoms with van der Waals surface area (Å²) in [6, 6.07) is 0. The first-order valence-corrected chi connectivity index (χ1v) is 5.52. The van der Waals surface area contributed by atoms with Crippen LogP contribution in [0.3, 0.4) is 0 Å². The molecule has 0 spiro atoms. The van der Waals surface area contributed by atoms with E-state index in [1.165, 1.54) is 19.3 Å². The average molecular weight is 180 g/mol. The van der Waals surface area contributed by atoms with Crippen molar-refractivity contribution in [3.05, 3.63) is 0 Å². The van der Waals surface area contributed by atoms with E-state index in [4.69, 9.17) is 0 Å². The first kappa shape index (κ1) is 9.23. The van der Waals surface area contributed by atoms with E-state index in [1.807, 2.05) is 0 Å². The summed E-state index contributed by atoms with van der Waals surface area (Å²) in [5, 5.41) is 0. The Hall–Kier alpha value is -0.330. The van der Waals surface area contributed by atoms with E-state index < -0.39 is 0 Å². The van der Waals surface area contributed by atoms with E-state index >= 15 is 0 Å². The van der Waals surface area contributed by atoms with Crippen molar-refractivity contribution in [2.75, 3.05) is 0 Å². The van der Waals surface area contributed by atoms with Crippen molar-refractivity contribution in [1.29, 1.82) is 0 Å². The number of hydrogen-bond acceptors (Lipinski definition) is 1. The van der Waals surface area contributed by atoms with Gasteiger partial charge in [-0.1, -0.05) is 20.8 Å². The van der Waals surface area contributed by atoms with Gasteiger partial charge in [0.2, 0.25) is 0 Å². The maximum Gasteiger partial charge on any atom is 0.136 e. The normalized spacial score (nSPS) is 43.3. The maximum absolute atomic E-state index is 11.8. The minimum atomic E-state index is 0.275. The van der Waals surface area contributed by atoms with Gasteiger partial charge in [-0.15, -0.1) is 0 Å². The second-order valence-electron chi connectivity index (χ2n) is 5.84. The molecular weight excluding hydrogens is 160 g/mol. The van der Waals surface area contributed by atoms with E-state index in [0.717, 1.165) is 12.3 Å². The lowest BCUT2D eigenvalue weighted by atomic mass is 9.66. The average Bonchev–Trinajstić information content (AvgIpc) is 2.30. The molecule has 74 valence electrons. The summed E-state index contributed by atoms with van der Waals surface area (Å²) in [5.41, 5.74) is 0.275. The van der Waals surface area contributed by atoms with Crippen LogP contribution in [0.15, 0.2) is 0 Å². The first-order chi connectivity index (χ1) is 5.99. The van der Waals surface area contributed by atoms with Gasteiger partial charge in [-0.3, -0.25) is 4.79 Å². The topological polar surface area (TPSA) is 17.1 Å². The van der Waals surface area contributed by atoms with E-state index in [0.29, 0.717) is 17.6 Å². The van der Waals surface area contributed by atoms with Gasteiger partial charge in [-0.25, -0.2) is 0 Å². The molecule has 2 aliphatic carbocycles. The van der Waals surface area contributed by atoms with Gasteiger partial charge in [0.15, 0.2) is 0 Å². The van der Waals surface area contributed by atoms with Gasteiger partial charge < -0.3 is 0 Å². The van der Waals surface area contributed by atoms with Crippen LogP contribution in [0.4, 0.5) is 0 Å². The fourth-order valence-electron chi connectivity index (χ4n) is 3.32. The van der Waals surface area contributed by atoms with Crippen molar-refractivity contribution in [3.8, 4) is 0 Å². The molecule has 0 radical (unpaired) electrons. The Morgan fingerprint density at radius 3 is 2.69 bits per heavy atom. The smallest absolute Gasteiger partial charge is 0.136 e. The molecule has 2 saturated carbocycles. The lowest BCUT2D eigenvalue weighted by Crippen LogP contribution is -2.36. The summed E-state index contributed by atoms with van der Waals surface area (Å²) >= 11 is 0. The van der Waals surface area contributed by atoms with Crippen molar-refractivity contribution < 1.29 is 4.79 Å². The molecule has 0 amide bonds. The Kier molecular flexibility index (Phi) is 2.01. The number of carbonyl (C=O) groups is 1. The summed E-state index contributed by atoms with van der Waals surface area (Å²) in [6.07, 6.45) is 4.53. The van der Waals surface area contributed by atoms with E-state index in [1.54, 1.807) is 0 Å². The highest BCUT2D eigenvalue weighted by Gasteiger charge is 2.45. The second kappa shape index (κ2) is 2.83. The number of fused-ring (bicyclic) bond motifs is 1. The van der Waals surface area contributed by atoms with E-state index in [-0.39, 0.29) is 5.41 Å². The molecule has 2 rings (SSSR count). The van der Waals surface area contributed by atoms with Crippen LogP contribution in [-0.2, 0) is 4.79 Å². The minimum absolute atomic E-state index is 0.275. The number of hydrogen-bond donors (Lipinski definition) is 0. The van der Waals surface area contributed by atoms with Crippen LogP contribution in [0.2, 0.25) is 0 Å². The molecule has 0 aliphatic heterocycles. The summed E-state index contributed by atoms with van der Waals surface area (Å²) in [6.45, 7) is 6.80. The minimum Gasteiger partial charge on any atom is -0.299 e. The van der Waals surface area contributed by atoms with E-state index in [9.17, 15) is 4.79 Å². The monoisotopic (exact) mass is 180 g/mol. The van der Waals surface area contributed by atoms with Crippen LogP contribution in [0.5, 0.6) is 0 Å². The van der Waals surface area contributed by atoms with Gasteiger partial charge in [0, 0.05) is 12.3 Å². The third-order valence-electron chi connectivity index (χ3n) is 4.04. The van der Waals surface area contributed by atoms with Gasteiger partial charge in [-0.2, -0.15) is 0 Å². The summed E-state index contributed by atoms with van der Waals surface area (Å²) in [5.74, 6) is 2.47. The largest absolute Gasteiger partial charge is 0.299 e. The van der Waals surface area contributed by atoms with Gasteiger partial charge in [0.05, 0.1) is 0 Å². The summed E-state index contributed by atoms with van der Waals surface area (Å²) in [4.78, 5) is 11.8. The molecule has 0 aromatic carbocycles. The third kappa shape index (κ3) is 1.53. The van der Waals surface area contributed by atoms with Crippen LogP contribution in [0.25, 0.3) is 0 Å². The Bertz CT molecular complexity index is 229. The SMILES string of the molecule is C[C@@H]1CC[C@@H]2C(=O)CC(C)(C)C[C@@H]12. The molecule has 2 aliphatic rings. The standard InChI is InChI=1S/C12H20O/c1-8-4-5-9-10(8)6-12(2,3)7-11(9)13/h8-10H,4-7H2,1-3H3/t8-,9+,10+/m1/s1. The molecule has 0 aromatic heterocycles. The highest BCUT2D eigenvalue weighted by Crippen LogP contribution is 2.49. The zero-order chi connectivity index (χ0) is 9.64. The molecule has 2 fully saturated rings. The maximum atomic E-state index is 11.8. The molecule has 1 nitrogen and oxygen atoms in total. The van der Waals surface area contributed by atoms with Crippen molar-refractivity contribution in [1.82, 2.24) is 0 Å². The molecule has 0 bridgehead atoms. The zero-order valence-electron chi connectivity index (χ0n) is 8.97. The van der Waals surface area contributed by atoms with Gasteiger partial charge in [0.1, 0.15) is 5.78 Å². The zero-order valence-corrected chi connectivity index (χ0v) is 8.97. The molecule has 0 unspecified atom stereocenters. The summed E-state index contributed by atoms with van der Waals surface area (Å²) < 4.78 is 0. The fraction of sp³-hybridized carbons (Fsp3) is 0.917. The highest BCUT2D eigenvalue weighted by atomic mass is 16.1. The number of ketones is 1. The number of carbonyl (C=O) groups excluding carboxylic acids is 1. The lowest BCUT2D eigenvalue weighted by molar-refractivity contribution is -0.130. The van der Waals surface area contributed by atoms with Crippen LogP contribution < -0.4 is 0 Å². The molecular formula is C12H20O. The van der Waals surface area contributed by atoms with Crippen LogP contribution in [0, 0.1) is 23.2 Å². The molecule has 1 heteroatoms. The molecule has 0 N–H and O–H groups in total. The molecule has 13 heavy (non-hydrogen) atoms. The Morgan fingerprint density at radius 2 is 2.00 bits per heavy atom. The second-order valence-corrected chi connectivity index (χ2v) is 5.84. The molecule has 0 aromatic rings. The predicted molar refractivity (Wildman–Crippen MR) is 53.4 cm³/mol. The Balaban J connectivity index is 2.19. The van der Waals surface area contributed by atoms with Gasteiger partial charge >= 0.3 is 0 Å². The summed E-state index contributed by atoms with van der Waals surface area (Å²) in [7, 11) is 0. The van der Waals surface area contributed by atoms with Crippen LogP contribution in [0.1, 0.15) is 46.5 Å². The molecule has 0 saturated heterocycles. The van der Waals surface area contributed by atoms with Gasteiger partial charge in [0.25, 0.3) is 0 Å². The van der Waals surface area contributed by atoms with Crippen molar-refractivity contribution in [3.63, 3.8) is 0 Å². The molecule has 3 atom stereocenters. The Labute approximate surface area is 80.9 Å². The fourth-order valence-corrected chi connectivity index (χ4v) is 3.32. The van der Waals surface area contributed by atoms with Crippen molar-refractivity contribution in [2.45, 2.75) is 46.5 Å².